The van der Waals surface area contributed by atoms with Crippen LogP contribution in [-0.2, 0) is 4.74 Å². The first kappa shape index (κ1) is 14.6. The van der Waals surface area contributed by atoms with Gasteiger partial charge in [0.05, 0.1) is 28.7 Å². The number of carbonyl (C=O) groups excluding carboxylic acids is 1. The Balaban J connectivity index is 2.23. The van der Waals surface area contributed by atoms with Crippen molar-refractivity contribution in [2.45, 2.75) is 13.0 Å². The van der Waals surface area contributed by atoms with Crippen LogP contribution in [0.4, 0.5) is 11.5 Å². The Morgan fingerprint density at radius 1 is 1.50 bits per heavy atom. The summed E-state index contributed by atoms with van der Waals surface area (Å²) in [6.45, 7) is 1.97. The molecule has 2 rings (SSSR count). The van der Waals surface area contributed by atoms with Gasteiger partial charge >= 0.3 is 5.97 Å². The predicted octanol–water partition coefficient (Wildman–Crippen LogP) is 3.34. The van der Waals surface area contributed by atoms with Crippen molar-refractivity contribution in [3.05, 3.63) is 39.2 Å². The van der Waals surface area contributed by atoms with Gasteiger partial charge in [-0.05, 0) is 25.1 Å². The number of anilines is 2. The first-order chi connectivity index (χ1) is 9.52. The highest BCUT2D eigenvalue weighted by molar-refractivity contribution is 7.16. The fourth-order valence-electron chi connectivity index (χ4n) is 1.71. The summed E-state index contributed by atoms with van der Waals surface area (Å²) in [6, 6.07) is 5.28. The van der Waals surface area contributed by atoms with Crippen molar-refractivity contribution in [3.8, 4) is 0 Å². The van der Waals surface area contributed by atoms with Gasteiger partial charge in [-0.2, -0.15) is 0 Å². The maximum atomic E-state index is 11.6. The Morgan fingerprint density at radius 2 is 2.25 bits per heavy atom. The number of rotatable bonds is 4. The maximum Gasteiger partial charge on any atom is 0.340 e. The van der Waals surface area contributed by atoms with Gasteiger partial charge in [0.2, 0.25) is 0 Å². The highest BCUT2D eigenvalue weighted by Gasteiger charge is 2.16. The van der Waals surface area contributed by atoms with E-state index >= 15 is 0 Å². The highest BCUT2D eigenvalue weighted by Crippen LogP contribution is 2.30. The fraction of sp³-hybridized carbons (Fsp3) is 0.231. The summed E-state index contributed by atoms with van der Waals surface area (Å²) in [5.74, 6) is -0.0373. The molecule has 2 aromatic heterocycles. The van der Waals surface area contributed by atoms with Gasteiger partial charge in [-0.15, -0.1) is 11.3 Å². The lowest BCUT2D eigenvalue weighted by Gasteiger charge is -2.15. The normalized spacial score (nSPS) is 11.9. The monoisotopic (exact) mass is 311 g/mol. The Hall–Kier alpha value is -1.79. The van der Waals surface area contributed by atoms with E-state index in [0.717, 1.165) is 9.21 Å². The number of thiophene rings is 1. The lowest BCUT2D eigenvalue weighted by atomic mass is 10.2. The molecule has 1 atom stereocenters. The van der Waals surface area contributed by atoms with E-state index in [1.165, 1.54) is 30.7 Å². The zero-order valence-corrected chi connectivity index (χ0v) is 12.6. The molecule has 0 saturated heterocycles. The van der Waals surface area contributed by atoms with E-state index in [0.29, 0.717) is 11.4 Å². The third-order valence-electron chi connectivity index (χ3n) is 2.77. The van der Waals surface area contributed by atoms with Gasteiger partial charge in [-0.25, -0.2) is 9.78 Å². The van der Waals surface area contributed by atoms with Crippen LogP contribution in [0.3, 0.4) is 0 Å². The molecule has 0 aliphatic carbocycles. The molecular weight excluding hydrogens is 298 g/mol. The molecule has 1 unspecified atom stereocenters. The number of nitrogen functional groups attached to an aromatic ring is 1. The van der Waals surface area contributed by atoms with E-state index in [-0.39, 0.29) is 11.7 Å². The lowest BCUT2D eigenvalue weighted by Crippen LogP contribution is -2.12. The Kier molecular flexibility index (Phi) is 4.46. The van der Waals surface area contributed by atoms with Gasteiger partial charge in [0.1, 0.15) is 0 Å². The van der Waals surface area contributed by atoms with E-state index < -0.39 is 5.97 Å². The Bertz CT molecular complexity index is 630. The molecule has 5 nitrogen and oxygen atoms in total. The summed E-state index contributed by atoms with van der Waals surface area (Å²) in [6.07, 6.45) is 1.51. The highest BCUT2D eigenvalue weighted by atomic mass is 35.5. The lowest BCUT2D eigenvalue weighted by molar-refractivity contribution is 0.0602. The van der Waals surface area contributed by atoms with Crippen LogP contribution in [0.25, 0.3) is 0 Å². The van der Waals surface area contributed by atoms with Gasteiger partial charge in [0, 0.05) is 11.1 Å². The van der Waals surface area contributed by atoms with Crippen molar-refractivity contribution >= 4 is 40.4 Å². The molecular formula is C13H14ClN3O2S. The van der Waals surface area contributed by atoms with Crippen molar-refractivity contribution in [1.29, 1.82) is 0 Å². The predicted molar refractivity (Wildman–Crippen MR) is 81.4 cm³/mol. The van der Waals surface area contributed by atoms with Gasteiger partial charge < -0.3 is 15.8 Å². The number of pyridine rings is 1. The molecule has 0 amide bonds. The minimum absolute atomic E-state index is 0.0183. The summed E-state index contributed by atoms with van der Waals surface area (Å²) >= 11 is 7.39. The molecule has 2 heterocycles. The molecule has 0 bridgehead atoms. The van der Waals surface area contributed by atoms with Gasteiger partial charge in [0.25, 0.3) is 0 Å². The second-order valence-corrected chi connectivity index (χ2v) is 5.87. The van der Waals surface area contributed by atoms with E-state index in [2.05, 4.69) is 15.0 Å². The summed E-state index contributed by atoms with van der Waals surface area (Å²) in [5.41, 5.74) is 6.51. The number of esters is 1. The Labute approximate surface area is 125 Å². The SMILES string of the molecule is COC(=O)c1ccnc(NC(C)c2ccc(Cl)s2)c1N. The van der Waals surface area contributed by atoms with Gasteiger partial charge in [-0.3, -0.25) is 0 Å². The number of halogens is 1. The summed E-state index contributed by atoms with van der Waals surface area (Å²) in [4.78, 5) is 16.8. The minimum atomic E-state index is -0.486. The quantitative estimate of drug-likeness (QED) is 0.847. The van der Waals surface area contributed by atoms with Crippen LogP contribution in [-0.4, -0.2) is 18.1 Å². The number of ether oxygens (including phenoxy) is 1. The van der Waals surface area contributed by atoms with Crippen LogP contribution in [0.5, 0.6) is 0 Å². The van der Waals surface area contributed by atoms with Crippen molar-refractivity contribution in [3.63, 3.8) is 0 Å². The summed E-state index contributed by atoms with van der Waals surface area (Å²) in [5, 5.41) is 3.17. The minimum Gasteiger partial charge on any atom is -0.465 e. The summed E-state index contributed by atoms with van der Waals surface area (Å²) < 4.78 is 5.40. The molecule has 0 spiro atoms. The number of carbonyl (C=O) groups is 1. The van der Waals surface area contributed by atoms with E-state index in [9.17, 15) is 4.79 Å². The number of nitrogens with zero attached hydrogens (tertiary/aromatic N) is 1. The molecule has 106 valence electrons. The largest absolute Gasteiger partial charge is 0.465 e. The third-order valence-corrected chi connectivity index (χ3v) is 4.18. The molecule has 7 heteroatoms. The fourth-order valence-corrected chi connectivity index (χ4v) is 2.78. The van der Waals surface area contributed by atoms with Crippen molar-refractivity contribution in [2.24, 2.45) is 0 Å². The van der Waals surface area contributed by atoms with Gasteiger partial charge in [-0.1, -0.05) is 11.6 Å². The second kappa shape index (κ2) is 6.11. The molecule has 0 aliphatic heterocycles. The number of methoxy groups -OCH3 is 1. The molecule has 0 fully saturated rings. The smallest absolute Gasteiger partial charge is 0.340 e. The zero-order valence-electron chi connectivity index (χ0n) is 11.0. The second-order valence-electron chi connectivity index (χ2n) is 4.12. The van der Waals surface area contributed by atoms with Crippen LogP contribution >= 0.6 is 22.9 Å². The number of nitrogens with two attached hydrogens (primary N) is 1. The Morgan fingerprint density at radius 3 is 2.85 bits per heavy atom. The average molecular weight is 312 g/mol. The number of hydrogen-bond acceptors (Lipinski definition) is 6. The number of aromatic nitrogens is 1. The van der Waals surface area contributed by atoms with Gasteiger partial charge in [0.15, 0.2) is 5.82 Å². The first-order valence-electron chi connectivity index (χ1n) is 5.87. The van der Waals surface area contributed by atoms with E-state index in [1.807, 2.05) is 19.1 Å². The van der Waals surface area contributed by atoms with E-state index in [1.54, 1.807) is 0 Å². The van der Waals surface area contributed by atoms with Crippen molar-refractivity contribution in [1.82, 2.24) is 4.98 Å². The molecule has 2 aromatic rings. The van der Waals surface area contributed by atoms with Crippen LogP contribution in [0, 0.1) is 0 Å². The molecule has 0 aliphatic rings. The average Bonchev–Trinajstić information content (AvgIpc) is 2.87. The van der Waals surface area contributed by atoms with Crippen LogP contribution < -0.4 is 11.1 Å². The van der Waals surface area contributed by atoms with Crippen molar-refractivity contribution in [2.75, 3.05) is 18.2 Å². The third kappa shape index (κ3) is 3.02. The van der Waals surface area contributed by atoms with Crippen molar-refractivity contribution < 1.29 is 9.53 Å². The number of hydrogen-bond donors (Lipinski definition) is 2. The van der Waals surface area contributed by atoms with Crippen LogP contribution in [0.1, 0.15) is 28.2 Å². The van der Waals surface area contributed by atoms with Crippen LogP contribution in [0.2, 0.25) is 4.34 Å². The number of nitrogens with one attached hydrogen (secondary N) is 1. The molecule has 0 saturated carbocycles. The molecule has 3 N–H and O–H groups in total. The first-order valence-corrected chi connectivity index (χ1v) is 7.07. The van der Waals surface area contributed by atoms with E-state index in [4.69, 9.17) is 17.3 Å². The molecule has 0 aromatic carbocycles. The maximum absolute atomic E-state index is 11.6. The standard InChI is InChI=1S/C13H14ClN3O2S/c1-7(9-3-4-10(14)20-9)17-12-11(15)8(5-6-16-12)13(18)19-2/h3-7H,15H2,1-2H3,(H,16,17). The molecule has 20 heavy (non-hydrogen) atoms. The zero-order chi connectivity index (χ0) is 14.7. The topological polar surface area (TPSA) is 77.2 Å². The molecule has 0 radical (unpaired) electrons. The summed E-state index contributed by atoms with van der Waals surface area (Å²) in [7, 11) is 1.31. The van der Waals surface area contributed by atoms with Crippen LogP contribution in [0.15, 0.2) is 24.4 Å².